The van der Waals surface area contributed by atoms with Crippen molar-refractivity contribution in [1.82, 2.24) is 24.1 Å². The molecule has 0 spiro atoms. The zero-order chi connectivity index (χ0) is 14.6. The molecule has 1 aromatic rings. The SMILES string of the molecule is CCn1cnc(S(=O)(=O)N(C)CCN2CCNCC2)c1. The van der Waals surface area contributed by atoms with Crippen LogP contribution >= 0.6 is 0 Å². The highest BCUT2D eigenvalue weighted by Gasteiger charge is 2.24. The Bertz CT molecular complexity index is 522. The van der Waals surface area contributed by atoms with Crippen molar-refractivity contribution in [2.45, 2.75) is 18.5 Å². The number of nitrogens with zero attached hydrogens (tertiary/aromatic N) is 4. The van der Waals surface area contributed by atoms with Crippen LogP contribution in [0.4, 0.5) is 0 Å². The number of rotatable bonds is 6. The first-order chi connectivity index (χ1) is 9.54. The van der Waals surface area contributed by atoms with Crippen LogP contribution in [0.15, 0.2) is 17.6 Å². The molecule has 0 atom stereocenters. The highest BCUT2D eigenvalue weighted by Crippen LogP contribution is 2.11. The fourth-order valence-corrected chi connectivity index (χ4v) is 3.23. The average molecular weight is 301 g/mol. The summed E-state index contributed by atoms with van der Waals surface area (Å²) in [4.78, 5) is 6.26. The van der Waals surface area contributed by atoms with E-state index in [1.165, 1.54) is 4.31 Å². The lowest BCUT2D eigenvalue weighted by atomic mass is 10.3. The minimum absolute atomic E-state index is 0.127. The fraction of sp³-hybridized carbons (Fsp3) is 0.750. The van der Waals surface area contributed by atoms with Crippen molar-refractivity contribution in [3.05, 3.63) is 12.5 Å². The van der Waals surface area contributed by atoms with Crippen LogP contribution in [0.3, 0.4) is 0 Å². The summed E-state index contributed by atoms with van der Waals surface area (Å²) < 4.78 is 27.9. The largest absolute Gasteiger partial charge is 0.336 e. The quantitative estimate of drug-likeness (QED) is 0.762. The number of aryl methyl sites for hydroxylation is 1. The first-order valence-electron chi connectivity index (χ1n) is 6.95. The lowest BCUT2D eigenvalue weighted by Gasteiger charge is -2.28. The summed E-state index contributed by atoms with van der Waals surface area (Å²) in [5.41, 5.74) is 0. The first kappa shape index (κ1) is 15.4. The third-order valence-electron chi connectivity index (χ3n) is 3.59. The van der Waals surface area contributed by atoms with E-state index in [4.69, 9.17) is 0 Å². The van der Waals surface area contributed by atoms with Crippen LogP contribution in [0, 0.1) is 0 Å². The maximum Gasteiger partial charge on any atom is 0.261 e. The van der Waals surface area contributed by atoms with Crippen molar-refractivity contribution in [2.24, 2.45) is 0 Å². The van der Waals surface area contributed by atoms with Crippen molar-refractivity contribution >= 4 is 10.0 Å². The summed E-state index contributed by atoms with van der Waals surface area (Å²) in [6.45, 7) is 7.79. The average Bonchev–Trinajstić information content (AvgIpc) is 2.95. The molecule has 8 heteroatoms. The Morgan fingerprint density at radius 3 is 2.70 bits per heavy atom. The van der Waals surface area contributed by atoms with Gasteiger partial charge in [0.25, 0.3) is 10.0 Å². The fourth-order valence-electron chi connectivity index (χ4n) is 2.14. The van der Waals surface area contributed by atoms with Crippen LogP contribution < -0.4 is 5.32 Å². The van der Waals surface area contributed by atoms with Gasteiger partial charge < -0.3 is 9.88 Å². The Labute approximate surface area is 120 Å². The van der Waals surface area contributed by atoms with Crippen LogP contribution in [-0.4, -0.2) is 73.5 Å². The van der Waals surface area contributed by atoms with Gasteiger partial charge in [-0.05, 0) is 6.92 Å². The third kappa shape index (κ3) is 3.57. The molecule has 1 saturated heterocycles. The molecule has 0 unspecified atom stereocenters. The maximum atomic E-state index is 12.4. The van der Waals surface area contributed by atoms with E-state index in [9.17, 15) is 8.42 Å². The summed E-state index contributed by atoms with van der Waals surface area (Å²) in [7, 11) is -1.86. The van der Waals surface area contributed by atoms with Gasteiger partial charge in [-0.15, -0.1) is 0 Å². The second-order valence-electron chi connectivity index (χ2n) is 4.96. The van der Waals surface area contributed by atoms with Crippen LogP contribution in [0.1, 0.15) is 6.92 Å². The molecule has 0 bridgehead atoms. The van der Waals surface area contributed by atoms with Gasteiger partial charge in [0.15, 0.2) is 5.03 Å². The number of hydrogen-bond donors (Lipinski definition) is 1. The van der Waals surface area contributed by atoms with Gasteiger partial charge in [-0.2, -0.15) is 4.31 Å². The molecule has 7 nitrogen and oxygen atoms in total. The topological polar surface area (TPSA) is 70.5 Å². The predicted molar refractivity (Wildman–Crippen MR) is 77.0 cm³/mol. The summed E-state index contributed by atoms with van der Waals surface area (Å²) in [5.74, 6) is 0. The van der Waals surface area contributed by atoms with E-state index < -0.39 is 10.0 Å². The Kier molecular flexibility index (Phi) is 5.14. The maximum absolute atomic E-state index is 12.4. The molecule has 0 aromatic carbocycles. The summed E-state index contributed by atoms with van der Waals surface area (Å²) >= 11 is 0. The van der Waals surface area contributed by atoms with Gasteiger partial charge in [0, 0.05) is 59.1 Å². The number of nitrogens with one attached hydrogen (secondary N) is 1. The minimum atomic E-state index is -3.47. The van der Waals surface area contributed by atoms with Crippen LogP contribution in [0.25, 0.3) is 0 Å². The van der Waals surface area contributed by atoms with Gasteiger partial charge >= 0.3 is 0 Å². The molecule has 1 aromatic heterocycles. The van der Waals surface area contributed by atoms with Crippen LogP contribution in [0.2, 0.25) is 0 Å². The Hall–Kier alpha value is -0.960. The summed E-state index contributed by atoms with van der Waals surface area (Å²) in [5, 5.41) is 3.41. The van der Waals surface area contributed by atoms with Crippen molar-refractivity contribution in [2.75, 3.05) is 46.3 Å². The number of hydrogen-bond acceptors (Lipinski definition) is 5. The van der Waals surface area contributed by atoms with Crippen molar-refractivity contribution in [3.8, 4) is 0 Å². The second-order valence-corrected chi connectivity index (χ2v) is 6.95. The van der Waals surface area contributed by atoms with E-state index in [-0.39, 0.29) is 5.03 Å². The molecule has 0 aliphatic carbocycles. The van der Waals surface area contributed by atoms with E-state index in [1.54, 1.807) is 24.1 Å². The molecule has 2 rings (SSSR count). The van der Waals surface area contributed by atoms with Gasteiger partial charge in [-0.3, -0.25) is 4.90 Å². The van der Waals surface area contributed by atoms with Crippen LogP contribution in [-0.2, 0) is 16.6 Å². The molecule has 0 saturated carbocycles. The highest BCUT2D eigenvalue weighted by molar-refractivity contribution is 7.89. The normalized spacial score (nSPS) is 17.8. The van der Waals surface area contributed by atoms with E-state index in [1.807, 2.05) is 6.92 Å². The third-order valence-corrected chi connectivity index (χ3v) is 5.33. The molecule has 0 amide bonds. The molecule has 1 aliphatic heterocycles. The highest BCUT2D eigenvalue weighted by atomic mass is 32.2. The molecular weight excluding hydrogens is 278 g/mol. The lowest BCUT2D eigenvalue weighted by molar-refractivity contribution is 0.229. The predicted octanol–water partition coefficient (Wildman–Crippen LogP) is -0.571. The molecule has 1 N–H and O–H groups in total. The molecular formula is C12H23N5O2S. The number of sulfonamides is 1. The molecule has 0 radical (unpaired) electrons. The first-order valence-corrected chi connectivity index (χ1v) is 8.39. The Morgan fingerprint density at radius 2 is 2.10 bits per heavy atom. The second kappa shape index (κ2) is 6.66. The Balaban J connectivity index is 1.94. The number of likely N-dealkylation sites (N-methyl/N-ethyl adjacent to an activating group) is 1. The Morgan fingerprint density at radius 1 is 1.40 bits per heavy atom. The molecule has 1 aliphatic rings. The molecule has 114 valence electrons. The van der Waals surface area contributed by atoms with Crippen molar-refractivity contribution in [1.29, 1.82) is 0 Å². The van der Waals surface area contributed by atoms with Gasteiger partial charge in [0.2, 0.25) is 0 Å². The molecule has 1 fully saturated rings. The van der Waals surface area contributed by atoms with E-state index in [0.717, 1.165) is 32.7 Å². The molecule has 2 heterocycles. The monoisotopic (exact) mass is 301 g/mol. The van der Waals surface area contributed by atoms with Crippen LogP contribution in [0.5, 0.6) is 0 Å². The van der Waals surface area contributed by atoms with E-state index in [2.05, 4.69) is 15.2 Å². The standard InChI is InChI=1S/C12H23N5O2S/c1-3-16-10-12(14-11-16)20(18,19)15(2)8-9-17-6-4-13-5-7-17/h10-11,13H,3-9H2,1-2H3. The van der Waals surface area contributed by atoms with Gasteiger partial charge in [0.1, 0.15) is 0 Å². The van der Waals surface area contributed by atoms with Crippen molar-refractivity contribution < 1.29 is 8.42 Å². The van der Waals surface area contributed by atoms with E-state index in [0.29, 0.717) is 13.1 Å². The smallest absolute Gasteiger partial charge is 0.261 e. The zero-order valence-electron chi connectivity index (χ0n) is 12.1. The summed E-state index contributed by atoms with van der Waals surface area (Å²) in [6, 6.07) is 0. The van der Waals surface area contributed by atoms with Gasteiger partial charge in [0.05, 0.1) is 6.33 Å². The number of piperazine rings is 1. The molecule has 20 heavy (non-hydrogen) atoms. The number of imidazole rings is 1. The lowest BCUT2D eigenvalue weighted by Crippen LogP contribution is -2.46. The number of aromatic nitrogens is 2. The zero-order valence-corrected chi connectivity index (χ0v) is 12.9. The van der Waals surface area contributed by atoms with Gasteiger partial charge in [-0.1, -0.05) is 0 Å². The summed E-state index contributed by atoms with van der Waals surface area (Å²) in [6.07, 6.45) is 3.13. The van der Waals surface area contributed by atoms with E-state index >= 15 is 0 Å². The van der Waals surface area contributed by atoms with Gasteiger partial charge in [-0.25, -0.2) is 13.4 Å². The van der Waals surface area contributed by atoms with Crippen molar-refractivity contribution in [3.63, 3.8) is 0 Å². The minimum Gasteiger partial charge on any atom is -0.336 e.